The summed E-state index contributed by atoms with van der Waals surface area (Å²) in [5.41, 5.74) is 3.23. The van der Waals surface area contributed by atoms with Crippen molar-refractivity contribution in [2.24, 2.45) is 0 Å². The first kappa shape index (κ1) is 31.4. The van der Waals surface area contributed by atoms with Crippen LogP contribution < -0.4 is 19.5 Å². The summed E-state index contributed by atoms with van der Waals surface area (Å²) in [6, 6.07) is 9.75. The van der Waals surface area contributed by atoms with Gasteiger partial charge in [-0.2, -0.15) is 0 Å². The van der Waals surface area contributed by atoms with Crippen LogP contribution in [0.2, 0.25) is 0 Å². The number of nitrogens with one attached hydrogen (secondary N) is 1. The van der Waals surface area contributed by atoms with Crippen molar-refractivity contribution in [3.63, 3.8) is 0 Å². The van der Waals surface area contributed by atoms with Gasteiger partial charge in [-0.3, -0.25) is 14.5 Å². The fraction of sp³-hybridized carbons (Fsp3) is 0.545. The first-order chi connectivity index (χ1) is 21.2. The number of hydrogen-bond donors (Lipinski definition) is 1. The minimum atomic E-state index is -0.164. The molecule has 0 aromatic heterocycles. The van der Waals surface area contributed by atoms with Crippen LogP contribution in [0.5, 0.6) is 17.2 Å². The highest BCUT2D eigenvalue weighted by Gasteiger charge is 2.29. The number of methoxy groups -OCH3 is 1. The van der Waals surface area contributed by atoms with Crippen LogP contribution in [0.1, 0.15) is 49.0 Å². The highest BCUT2D eigenvalue weighted by atomic mass is 16.5. The van der Waals surface area contributed by atoms with E-state index in [0.29, 0.717) is 82.0 Å². The van der Waals surface area contributed by atoms with Gasteiger partial charge in [0.15, 0.2) is 11.5 Å². The molecule has 1 N–H and O–H groups in total. The molecule has 0 radical (unpaired) electrons. The van der Waals surface area contributed by atoms with Gasteiger partial charge in [0.2, 0.25) is 5.91 Å². The van der Waals surface area contributed by atoms with Gasteiger partial charge < -0.3 is 34.2 Å². The average molecular weight is 608 g/mol. The van der Waals surface area contributed by atoms with E-state index in [1.807, 2.05) is 23.1 Å². The van der Waals surface area contributed by atoms with Gasteiger partial charge in [0.25, 0.3) is 5.91 Å². The number of urea groups is 1. The van der Waals surface area contributed by atoms with Crippen LogP contribution in [-0.2, 0) is 11.3 Å². The molecule has 3 aliphatic heterocycles. The molecule has 11 nitrogen and oxygen atoms in total. The molecule has 1 saturated heterocycles. The molecule has 238 valence electrons. The number of carbonyl (C=O) groups excluding carboxylic acids is 3. The second kappa shape index (κ2) is 14.2. The largest absolute Gasteiger partial charge is 0.496 e. The number of benzene rings is 2. The summed E-state index contributed by atoms with van der Waals surface area (Å²) in [4.78, 5) is 46.3. The number of likely N-dealkylation sites (N-methyl/N-ethyl adjacent to an activating group) is 1. The third kappa shape index (κ3) is 7.20. The second-order valence-corrected chi connectivity index (χ2v) is 12.0. The van der Waals surface area contributed by atoms with Gasteiger partial charge >= 0.3 is 6.03 Å². The Morgan fingerprint density at radius 3 is 2.52 bits per heavy atom. The lowest BCUT2D eigenvalue weighted by atomic mass is 9.98. The first-order valence-electron chi connectivity index (χ1n) is 15.7. The summed E-state index contributed by atoms with van der Waals surface area (Å²) in [6.07, 6.45) is 2.06. The predicted molar refractivity (Wildman–Crippen MR) is 167 cm³/mol. The molecule has 3 aliphatic rings. The summed E-state index contributed by atoms with van der Waals surface area (Å²) in [5, 5.41) is 3.03. The van der Waals surface area contributed by atoms with E-state index >= 15 is 0 Å². The third-order valence-corrected chi connectivity index (χ3v) is 8.58. The minimum Gasteiger partial charge on any atom is -0.496 e. The number of hydrogen-bond acceptors (Lipinski definition) is 7. The van der Waals surface area contributed by atoms with Crippen molar-refractivity contribution in [1.29, 1.82) is 0 Å². The van der Waals surface area contributed by atoms with Gasteiger partial charge in [-0.15, -0.1) is 0 Å². The van der Waals surface area contributed by atoms with Crippen molar-refractivity contribution in [3.05, 3.63) is 41.5 Å². The van der Waals surface area contributed by atoms with Crippen LogP contribution in [0.3, 0.4) is 0 Å². The Bertz CT molecular complexity index is 1360. The molecule has 0 saturated carbocycles. The van der Waals surface area contributed by atoms with Gasteiger partial charge in [-0.05, 0) is 69.0 Å². The molecular weight excluding hydrogens is 562 g/mol. The molecule has 2 aromatic carbocycles. The third-order valence-electron chi connectivity index (χ3n) is 8.58. The van der Waals surface area contributed by atoms with Crippen molar-refractivity contribution in [2.45, 2.75) is 45.7 Å². The number of amides is 4. The van der Waals surface area contributed by atoms with Crippen molar-refractivity contribution >= 4 is 17.8 Å². The normalized spacial score (nSPS) is 18.6. The van der Waals surface area contributed by atoms with E-state index in [9.17, 15) is 14.4 Å². The Labute approximate surface area is 260 Å². The van der Waals surface area contributed by atoms with Crippen LogP contribution in [-0.4, -0.2) is 117 Å². The SMILES string of the molecule is COc1ccc2cc1-c1cc3c(c(c1)OCCCN(C(=O)CN1CCN(C)C1=O)CCCCNC2=O)OCCN(C(C)C)C3. The van der Waals surface area contributed by atoms with E-state index in [0.717, 1.165) is 41.8 Å². The lowest BCUT2D eigenvalue weighted by Gasteiger charge is -2.26. The number of fused-ring (bicyclic) bond motifs is 7. The summed E-state index contributed by atoms with van der Waals surface area (Å²) < 4.78 is 18.4. The van der Waals surface area contributed by atoms with Crippen LogP contribution in [0.4, 0.5) is 4.79 Å². The molecule has 0 atom stereocenters. The number of carbonyl (C=O) groups is 3. The smallest absolute Gasteiger partial charge is 0.320 e. The standard InChI is InChI=1S/C33H45N5O6/c1-23(2)37-15-17-44-31-26(21-37)18-25-20-29(31)43-16-7-12-36(30(39)22-38-14-13-35(3)33(38)41)11-6-5-10-34-32(40)24-8-9-28(42-4)27(25)19-24/h8-9,18-20,23H,5-7,10-17,21-22H2,1-4H3,(H,34,40). The van der Waals surface area contributed by atoms with Gasteiger partial charge in [-0.1, -0.05) is 0 Å². The molecule has 3 heterocycles. The molecule has 4 bridgehead atoms. The highest BCUT2D eigenvalue weighted by molar-refractivity contribution is 5.96. The molecule has 44 heavy (non-hydrogen) atoms. The number of nitrogens with zero attached hydrogens (tertiary/aromatic N) is 4. The Balaban J connectivity index is 1.44. The van der Waals surface area contributed by atoms with Crippen LogP contribution in [0.15, 0.2) is 30.3 Å². The van der Waals surface area contributed by atoms with Crippen molar-refractivity contribution in [1.82, 2.24) is 24.9 Å². The Morgan fingerprint density at radius 1 is 0.955 bits per heavy atom. The van der Waals surface area contributed by atoms with E-state index < -0.39 is 0 Å². The molecule has 0 spiro atoms. The molecule has 0 aliphatic carbocycles. The second-order valence-electron chi connectivity index (χ2n) is 12.0. The first-order valence-corrected chi connectivity index (χ1v) is 15.7. The maximum atomic E-state index is 13.3. The maximum Gasteiger partial charge on any atom is 0.320 e. The molecule has 11 heteroatoms. The zero-order valence-electron chi connectivity index (χ0n) is 26.4. The zero-order chi connectivity index (χ0) is 31.2. The van der Waals surface area contributed by atoms with E-state index in [4.69, 9.17) is 14.2 Å². The fourth-order valence-corrected chi connectivity index (χ4v) is 5.93. The van der Waals surface area contributed by atoms with Crippen LogP contribution in [0, 0.1) is 0 Å². The van der Waals surface area contributed by atoms with Crippen LogP contribution >= 0.6 is 0 Å². The molecular formula is C33H45N5O6. The Morgan fingerprint density at radius 2 is 1.77 bits per heavy atom. The average Bonchev–Trinajstić information content (AvgIpc) is 3.19. The van der Waals surface area contributed by atoms with Gasteiger partial charge in [0.1, 0.15) is 18.9 Å². The minimum absolute atomic E-state index is 0.0634. The number of rotatable bonds is 4. The lowest BCUT2D eigenvalue weighted by molar-refractivity contribution is -0.131. The Hall–Kier alpha value is -3.99. The lowest BCUT2D eigenvalue weighted by Crippen LogP contribution is -2.43. The topological polar surface area (TPSA) is 104 Å². The monoisotopic (exact) mass is 607 g/mol. The molecule has 2 aromatic rings. The summed E-state index contributed by atoms with van der Waals surface area (Å²) >= 11 is 0. The van der Waals surface area contributed by atoms with Gasteiger partial charge in [0, 0.05) is 75.6 Å². The van der Waals surface area contributed by atoms with E-state index in [1.165, 1.54) is 0 Å². The molecule has 5 rings (SSSR count). The fourth-order valence-electron chi connectivity index (χ4n) is 5.93. The van der Waals surface area contributed by atoms with E-state index in [-0.39, 0.29) is 24.4 Å². The van der Waals surface area contributed by atoms with Crippen molar-refractivity contribution in [3.8, 4) is 28.4 Å². The predicted octanol–water partition coefficient (Wildman–Crippen LogP) is 3.45. The van der Waals surface area contributed by atoms with Crippen LogP contribution in [0.25, 0.3) is 11.1 Å². The summed E-state index contributed by atoms with van der Waals surface area (Å²) in [5.74, 6) is 1.78. The van der Waals surface area contributed by atoms with Gasteiger partial charge in [0.05, 0.1) is 13.7 Å². The van der Waals surface area contributed by atoms with E-state index in [1.54, 1.807) is 30.0 Å². The summed E-state index contributed by atoms with van der Waals surface area (Å²) in [6.45, 7) is 9.55. The number of ether oxygens (including phenoxy) is 3. The zero-order valence-corrected chi connectivity index (χ0v) is 26.4. The maximum absolute atomic E-state index is 13.3. The molecule has 4 amide bonds. The van der Waals surface area contributed by atoms with Crippen molar-refractivity contribution in [2.75, 3.05) is 73.2 Å². The van der Waals surface area contributed by atoms with Crippen molar-refractivity contribution < 1.29 is 28.6 Å². The molecule has 1 fully saturated rings. The Kier molecular flexibility index (Phi) is 10.1. The highest BCUT2D eigenvalue weighted by Crippen LogP contribution is 2.41. The van der Waals surface area contributed by atoms with Gasteiger partial charge in [-0.25, -0.2) is 4.79 Å². The quantitative estimate of drug-likeness (QED) is 0.568. The molecule has 0 unspecified atom stereocenters. The summed E-state index contributed by atoms with van der Waals surface area (Å²) in [7, 11) is 3.38. The van der Waals surface area contributed by atoms with E-state index in [2.05, 4.69) is 30.1 Å².